The minimum absolute atomic E-state index is 0.0233. The summed E-state index contributed by atoms with van der Waals surface area (Å²) < 4.78 is 40.5. The van der Waals surface area contributed by atoms with Crippen molar-refractivity contribution in [3.05, 3.63) is 29.6 Å². The maximum atomic E-state index is 13.4. The Balaban J connectivity index is 2.35. The number of sulfonamides is 1. The zero-order valence-electron chi connectivity index (χ0n) is 10.4. The summed E-state index contributed by atoms with van der Waals surface area (Å²) in [6.45, 7) is 1.85. The Morgan fingerprint density at radius 1 is 1.47 bits per heavy atom. The quantitative estimate of drug-likeness (QED) is 0.830. The predicted molar refractivity (Wildman–Crippen MR) is 74.9 cm³/mol. The van der Waals surface area contributed by atoms with Crippen molar-refractivity contribution in [3.8, 4) is 0 Å². The molecule has 1 saturated carbocycles. The lowest BCUT2D eigenvalue weighted by atomic mass is 9.80. The van der Waals surface area contributed by atoms with Crippen LogP contribution >= 0.6 is 12.2 Å². The van der Waals surface area contributed by atoms with Crippen LogP contribution in [0.5, 0.6) is 0 Å². The highest BCUT2D eigenvalue weighted by molar-refractivity contribution is 7.89. The molecule has 1 aliphatic rings. The molecule has 1 aromatic rings. The SMILES string of the molecule is CC1(NS(=O)(=O)c2ccc(F)c(C(N)=S)c2)CCC1. The van der Waals surface area contributed by atoms with Gasteiger partial charge in [-0.3, -0.25) is 0 Å². The summed E-state index contributed by atoms with van der Waals surface area (Å²) >= 11 is 4.70. The standard InChI is InChI=1S/C12H15FN2O2S2/c1-12(5-2-6-12)15-19(16,17)8-3-4-10(13)9(7-8)11(14)18/h3-4,7,15H,2,5-6H2,1H3,(H2,14,18). The van der Waals surface area contributed by atoms with Gasteiger partial charge in [-0.15, -0.1) is 0 Å². The van der Waals surface area contributed by atoms with E-state index in [1.165, 1.54) is 12.1 Å². The Morgan fingerprint density at radius 2 is 2.11 bits per heavy atom. The molecule has 0 bridgehead atoms. The van der Waals surface area contributed by atoms with E-state index < -0.39 is 21.4 Å². The van der Waals surface area contributed by atoms with Gasteiger partial charge in [0, 0.05) is 11.1 Å². The van der Waals surface area contributed by atoms with Crippen molar-refractivity contribution in [2.75, 3.05) is 0 Å². The van der Waals surface area contributed by atoms with Crippen LogP contribution in [0.25, 0.3) is 0 Å². The highest BCUT2D eigenvalue weighted by Gasteiger charge is 2.36. The monoisotopic (exact) mass is 302 g/mol. The van der Waals surface area contributed by atoms with Crippen LogP contribution in [0, 0.1) is 5.82 Å². The Morgan fingerprint density at radius 3 is 2.58 bits per heavy atom. The lowest BCUT2D eigenvalue weighted by molar-refractivity contribution is 0.248. The Bertz CT molecular complexity index is 625. The van der Waals surface area contributed by atoms with E-state index in [1.807, 2.05) is 6.92 Å². The third-order valence-corrected chi connectivity index (χ3v) is 5.21. The molecule has 104 valence electrons. The first-order valence-corrected chi connectivity index (χ1v) is 7.76. The molecule has 0 heterocycles. The number of halogens is 1. The minimum atomic E-state index is -3.68. The van der Waals surface area contributed by atoms with E-state index in [4.69, 9.17) is 18.0 Å². The second-order valence-electron chi connectivity index (χ2n) is 5.03. The van der Waals surface area contributed by atoms with Crippen LogP contribution in [0.2, 0.25) is 0 Å². The molecule has 0 spiro atoms. The second-order valence-corrected chi connectivity index (χ2v) is 7.15. The zero-order valence-corrected chi connectivity index (χ0v) is 12.1. The van der Waals surface area contributed by atoms with Crippen LogP contribution in [-0.2, 0) is 10.0 Å². The first-order chi connectivity index (χ1) is 8.73. The zero-order chi connectivity index (χ0) is 14.3. The van der Waals surface area contributed by atoms with Crippen LogP contribution in [0.1, 0.15) is 31.7 Å². The Labute approximate surface area is 117 Å². The summed E-state index contributed by atoms with van der Waals surface area (Å²) in [4.78, 5) is -0.186. The predicted octanol–water partition coefficient (Wildman–Crippen LogP) is 1.68. The molecule has 1 fully saturated rings. The van der Waals surface area contributed by atoms with E-state index in [1.54, 1.807) is 0 Å². The van der Waals surface area contributed by atoms with Gasteiger partial charge < -0.3 is 5.73 Å². The lowest BCUT2D eigenvalue weighted by Crippen LogP contribution is -2.50. The summed E-state index contributed by atoms with van der Waals surface area (Å²) in [6, 6.07) is 3.44. The second kappa shape index (κ2) is 4.81. The van der Waals surface area contributed by atoms with Gasteiger partial charge >= 0.3 is 0 Å². The molecule has 0 unspecified atom stereocenters. The fraction of sp³-hybridized carbons (Fsp3) is 0.417. The van der Waals surface area contributed by atoms with Gasteiger partial charge in [0.15, 0.2) is 0 Å². The van der Waals surface area contributed by atoms with Gasteiger partial charge in [0.1, 0.15) is 10.8 Å². The van der Waals surface area contributed by atoms with Crippen molar-refractivity contribution in [2.45, 2.75) is 36.6 Å². The third-order valence-electron chi connectivity index (χ3n) is 3.35. The Hall–Kier alpha value is -1.05. The highest BCUT2D eigenvalue weighted by Crippen LogP contribution is 2.32. The molecule has 7 heteroatoms. The maximum absolute atomic E-state index is 13.4. The first kappa shape index (κ1) is 14.4. The summed E-state index contributed by atoms with van der Waals surface area (Å²) in [6.07, 6.45) is 2.60. The minimum Gasteiger partial charge on any atom is -0.389 e. The molecule has 4 nitrogen and oxygen atoms in total. The van der Waals surface area contributed by atoms with Crippen LogP contribution in [-0.4, -0.2) is 18.9 Å². The molecule has 0 radical (unpaired) electrons. The van der Waals surface area contributed by atoms with Gasteiger partial charge in [0.05, 0.1) is 4.90 Å². The van der Waals surface area contributed by atoms with Crippen molar-refractivity contribution in [1.29, 1.82) is 0 Å². The van der Waals surface area contributed by atoms with Crippen LogP contribution in [0.3, 0.4) is 0 Å². The number of thiocarbonyl (C=S) groups is 1. The molecule has 0 aromatic heterocycles. The fourth-order valence-corrected chi connectivity index (χ4v) is 3.70. The van der Waals surface area contributed by atoms with E-state index in [0.29, 0.717) is 0 Å². The number of rotatable bonds is 4. The fourth-order valence-electron chi connectivity index (χ4n) is 2.05. The van der Waals surface area contributed by atoms with Crippen LogP contribution < -0.4 is 10.5 Å². The summed E-state index contributed by atoms with van der Waals surface area (Å²) in [7, 11) is -3.68. The van der Waals surface area contributed by atoms with Crippen molar-refractivity contribution >= 4 is 27.2 Å². The molecule has 0 saturated heterocycles. The average Bonchev–Trinajstić information content (AvgIpc) is 2.26. The van der Waals surface area contributed by atoms with E-state index in [9.17, 15) is 12.8 Å². The molecule has 2 rings (SSSR count). The Kier molecular flexibility index (Phi) is 3.63. The number of nitrogens with two attached hydrogens (primary N) is 1. The van der Waals surface area contributed by atoms with Crippen LogP contribution in [0.15, 0.2) is 23.1 Å². The largest absolute Gasteiger partial charge is 0.389 e. The molecule has 19 heavy (non-hydrogen) atoms. The van der Waals surface area contributed by atoms with Crippen molar-refractivity contribution in [3.63, 3.8) is 0 Å². The summed E-state index contributed by atoms with van der Waals surface area (Å²) in [5.41, 5.74) is 4.90. The number of hydrogen-bond donors (Lipinski definition) is 2. The van der Waals surface area contributed by atoms with E-state index in [2.05, 4.69) is 4.72 Å². The van der Waals surface area contributed by atoms with Gasteiger partial charge in [-0.1, -0.05) is 12.2 Å². The molecule has 1 aromatic carbocycles. The van der Waals surface area contributed by atoms with Crippen molar-refractivity contribution in [2.24, 2.45) is 5.73 Å². The highest BCUT2D eigenvalue weighted by atomic mass is 32.2. The molecule has 0 aliphatic heterocycles. The van der Waals surface area contributed by atoms with E-state index in [0.717, 1.165) is 25.3 Å². The average molecular weight is 302 g/mol. The van der Waals surface area contributed by atoms with Crippen molar-refractivity contribution in [1.82, 2.24) is 4.72 Å². The first-order valence-electron chi connectivity index (χ1n) is 5.87. The summed E-state index contributed by atoms with van der Waals surface area (Å²) in [5, 5.41) is 0. The molecule has 3 N–H and O–H groups in total. The molecular formula is C12H15FN2O2S2. The lowest BCUT2D eigenvalue weighted by Gasteiger charge is -2.38. The van der Waals surface area contributed by atoms with Gasteiger partial charge in [-0.25, -0.2) is 17.5 Å². The van der Waals surface area contributed by atoms with Gasteiger partial charge in [-0.05, 0) is 44.4 Å². The third kappa shape index (κ3) is 2.93. The van der Waals surface area contributed by atoms with Gasteiger partial charge in [-0.2, -0.15) is 0 Å². The molecule has 0 amide bonds. The van der Waals surface area contributed by atoms with E-state index >= 15 is 0 Å². The molecular weight excluding hydrogens is 287 g/mol. The molecule has 1 aliphatic carbocycles. The van der Waals surface area contributed by atoms with E-state index in [-0.39, 0.29) is 15.4 Å². The van der Waals surface area contributed by atoms with Gasteiger partial charge in [0.2, 0.25) is 10.0 Å². The number of hydrogen-bond acceptors (Lipinski definition) is 3. The smallest absolute Gasteiger partial charge is 0.241 e. The topological polar surface area (TPSA) is 72.2 Å². The number of nitrogens with one attached hydrogen (secondary N) is 1. The normalized spacial score (nSPS) is 17.8. The number of benzene rings is 1. The molecule has 0 atom stereocenters. The maximum Gasteiger partial charge on any atom is 0.241 e. The van der Waals surface area contributed by atoms with Crippen LogP contribution in [0.4, 0.5) is 4.39 Å². The van der Waals surface area contributed by atoms with Gasteiger partial charge in [0.25, 0.3) is 0 Å². The summed E-state index contributed by atoms with van der Waals surface area (Å²) in [5.74, 6) is -0.624. The van der Waals surface area contributed by atoms with Crippen molar-refractivity contribution < 1.29 is 12.8 Å².